The Bertz CT molecular complexity index is 587. The fraction of sp³-hybridized carbons (Fsp3) is 0.474. The van der Waals surface area contributed by atoms with E-state index in [2.05, 4.69) is 17.4 Å². The second kappa shape index (κ2) is 6.95. The van der Waals surface area contributed by atoms with Crippen molar-refractivity contribution in [2.24, 2.45) is 5.92 Å². The van der Waals surface area contributed by atoms with Crippen LogP contribution in [-0.4, -0.2) is 11.7 Å². The maximum atomic E-state index is 10.1. The molecular weight excluding hydrogens is 258 g/mol. The molecule has 1 fully saturated rings. The zero-order valence-electron chi connectivity index (χ0n) is 12.6. The Morgan fingerprint density at radius 3 is 2.71 bits per heavy atom. The van der Waals surface area contributed by atoms with Crippen LogP contribution in [0.2, 0.25) is 0 Å². The molecule has 0 saturated heterocycles. The molecule has 2 nitrogen and oxygen atoms in total. The topological polar surface area (TPSA) is 32.3 Å². The SMILES string of the molecule is Oc1ccc2ccccc2c1CNCCCC1CCCC1. The van der Waals surface area contributed by atoms with Crippen LogP contribution >= 0.6 is 0 Å². The average molecular weight is 283 g/mol. The highest BCUT2D eigenvalue weighted by Crippen LogP contribution is 2.29. The zero-order chi connectivity index (χ0) is 14.5. The van der Waals surface area contributed by atoms with E-state index in [0.717, 1.165) is 30.0 Å². The molecule has 0 spiro atoms. The number of aromatic hydroxyl groups is 1. The number of phenols is 1. The summed E-state index contributed by atoms with van der Waals surface area (Å²) in [6.45, 7) is 1.79. The quantitative estimate of drug-likeness (QED) is 0.759. The fourth-order valence-electron chi connectivity index (χ4n) is 3.54. The molecule has 2 aromatic carbocycles. The van der Waals surface area contributed by atoms with Gasteiger partial charge in [-0.25, -0.2) is 0 Å². The first-order chi connectivity index (χ1) is 10.3. The van der Waals surface area contributed by atoms with Crippen molar-refractivity contribution in [2.75, 3.05) is 6.54 Å². The van der Waals surface area contributed by atoms with E-state index >= 15 is 0 Å². The van der Waals surface area contributed by atoms with Gasteiger partial charge in [-0.15, -0.1) is 0 Å². The van der Waals surface area contributed by atoms with Gasteiger partial charge in [-0.3, -0.25) is 0 Å². The molecule has 0 heterocycles. The average Bonchev–Trinajstić information content (AvgIpc) is 3.02. The Labute approximate surface area is 127 Å². The number of hydrogen-bond donors (Lipinski definition) is 2. The van der Waals surface area contributed by atoms with Crippen LogP contribution in [0.15, 0.2) is 36.4 Å². The van der Waals surface area contributed by atoms with E-state index in [9.17, 15) is 5.11 Å². The number of phenolic OH excluding ortho intramolecular Hbond substituents is 1. The first-order valence-corrected chi connectivity index (χ1v) is 8.25. The van der Waals surface area contributed by atoms with Crippen molar-refractivity contribution in [2.45, 2.75) is 45.1 Å². The lowest BCUT2D eigenvalue weighted by Gasteiger charge is -2.12. The second-order valence-electron chi connectivity index (χ2n) is 6.25. The smallest absolute Gasteiger partial charge is 0.120 e. The van der Waals surface area contributed by atoms with E-state index in [0.29, 0.717) is 5.75 Å². The lowest BCUT2D eigenvalue weighted by Crippen LogP contribution is -2.15. The summed E-state index contributed by atoms with van der Waals surface area (Å²) in [7, 11) is 0. The van der Waals surface area contributed by atoms with Crippen molar-refractivity contribution in [1.29, 1.82) is 0 Å². The predicted octanol–water partition coefficient (Wildman–Crippen LogP) is 4.61. The minimum Gasteiger partial charge on any atom is -0.508 e. The molecule has 1 aliphatic carbocycles. The lowest BCUT2D eigenvalue weighted by atomic mass is 10.0. The van der Waals surface area contributed by atoms with Gasteiger partial charge < -0.3 is 10.4 Å². The lowest BCUT2D eigenvalue weighted by molar-refractivity contribution is 0.456. The summed E-state index contributed by atoms with van der Waals surface area (Å²) in [5.74, 6) is 1.37. The third kappa shape index (κ3) is 3.56. The van der Waals surface area contributed by atoms with Gasteiger partial charge in [0.15, 0.2) is 0 Å². The van der Waals surface area contributed by atoms with Gasteiger partial charge in [-0.2, -0.15) is 0 Å². The number of benzene rings is 2. The van der Waals surface area contributed by atoms with Crippen molar-refractivity contribution >= 4 is 10.8 Å². The Hall–Kier alpha value is -1.54. The molecule has 1 saturated carbocycles. The molecule has 0 aromatic heterocycles. The van der Waals surface area contributed by atoms with Crippen molar-refractivity contribution in [1.82, 2.24) is 5.32 Å². The molecule has 1 aliphatic rings. The molecule has 112 valence electrons. The maximum Gasteiger partial charge on any atom is 0.120 e. The predicted molar refractivity (Wildman–Crippen MR) is 88.5 cm³/mol. The Balaban J connectivity index is 1.54. The third-order valence-corrected chi connectivity index (χ3v) is 4.76. The van der Waals surface area contributed by atoms with Crippen LogP contribution in [0, 0.1) is 5.92 Å². The number of hydrogen-bond acceptors (Lipinski definition) is 2. The van der Waals surface area contributed by atoms with Crippen LogP contribution in [0.5, 0.6) is 5.75 Å². The molecule has 2 N–H and O–H groups in total. The third-order valence-electron chi connectivity index (χ3n) is 4.76. The molecule has 0 amide bonds. The molecule has 0 unspecified atom stereocenters. The van der Waals surface area contributed by atoms with Crippen molar-refractivity contribution in [3.8, 4) is 5.75 Å². The zero-order valence-corrected chi connectivity index (χ0v) is 12.6. The number of nitrogens with one attached hydrogen (secondary N) is 1. The van der Waals surface area contributed by atoms with Gasteiger partial charge >= 0.3 is 0 Å². The summed E-state index contributed by atoms with van der Waals surface area (Å²) in [4.78, 5) is 0. The summed E-state index contributed by atoms with van der Waals surface area (Å²) in [6.07, 6.45) is 8.34. The first-order valence-electron chi connectivity index (χ1n) is 8.25. The standard InChI is InChI=1S/C19H25NO/c21-19-12-11-16-9-3-4-10-17(16)18(19)14-20-13-5-8-15-6-1-2-7-15/h3-4,9-12,15,20-21H,1-2,5-8,13-14H2. The van der Waals surface area contributed by atoms with Gasteiger partial charge in [-0.1, -0.05) is 56.0 Å². The van der Waals surface area contributed by atoms with Crippen LogP contribution in [0.4, 0.5) is 0 Å². The molecule has 0 bridgehead atoms. The highest BCUT2D eigenvalue weighted by atomic mass is 16.3. The highest BCUT2D eigenvalue weighted by Gasteiger charge is 2.14. The van der Waals surface area contributed by atoms with Gasteiger partial charge in [0.1, 0.15) is 5.75 Å². The molecule has 0 atom stereocenters. The maximum absolute atomic E-state index is 10.1. The van der Waals surface area contributed by atoms with Crippen molar-refractivity contribution in [3.63, 3.8) is 0 Å². The highest BCUT2D eigenvalue weighted by molar-refractivity contribution is 5.87. The van der Waals surface area contributed by atoms with Crippen LogP contribution in [0.3, 0.4) is 0 Å². The summed E-state index contributed by atoms with van der Waals surface area (Å²) in [5.41, 5.74) is 1.02. The van der Waals surface area contributed by atoms with E-state index < -0.39 is 0 Å². The van der Waals surface area contributed by atoms with E-state index in [4.69, 9.17) is 0 Å². The normalized spacial score (nSPS) is 15.8. The van der Waals surface area contributed by atoms with Crippen molar-refractivity contribution in [3.05, 3.63) is 42.0 Å². The van der Waals surface area contributed by atoms with Gasteiger partial charge in [0.2, 0.25) is 0 Å². The molecule has 0 radical (unpaired) electrons. The van der Waals surface area contributed by atoms with E-state index in [-0.39, 0.29) is 0 Å². The van der Waals surface area contributed by atoms with Crippen molar-refractivity contribution < 1.29 is 5.11 Å². The largest absolute Gasteiger partial charge is 0.508 e. The van der Waals surface area contributed by atoms with Crippen LogP contribution in [0.1, 0.15) is 44.1 Å². The molecule has 2 heteroatoms. The molecule has 3 rings (SSSR count). The first kappa shape index (κ1) is 14.4. The summed E-state index contributed by atoms with van der Waals surface area (Å²) in [6, 6.07) is 12.0. The Morgan fingerprint density at radius 1 is 1.05 bits per heavy atom. The van der Waals surface area contributed by atoms with Crippen LogP contribution < -0.4 is 5.32 Å². The van der Waals surface area contributed by atoms with E-state index in [1.165, 1.54) is 43.9 Å². The van der Waals surface area contributed by atoms with E-state index in [1.807, 2.05) is 18.2 Å². The molecule has 21 heavy (non-hydrogen) atoms. The monoisotopic (exact) mass is 283 g/mol. The summed E-state index contributed by atoms with van der Waals surface area (Å²) < 4.78 is 0. The Morgan fingerprint density at radius 2 is 1.86 bits per heavy atom. The van der Waals surface area contributed by atoms with Gasteiger partial charge in [-0.05, 0) is 42.1 Å². The van der Waals surface area contributed by atoms with Gasteiger partial charge in [0.05, 0.1) is 0 Å². The molecular formula is C19H25NO. The minimum atomic E-state index is 0.400. The molecule has 0 aliphatic heterocycles. The summed E-state index contributed by atoms with van der Waals surface area (Å²) in [5, 5.41) is 15.9. The van der Waals surface area contributed by atoms with Crippen LogP contribution in [0.25, 0.3) is 10.8 Å². The molecule has 2 aromatic rings. The number of fused-ring (bicyclic) bond motifs is 1. The fourth-order valence-corrected chi connectivity index (χ4v) is 3.54. The van der Waals surface area contributed by atoms with E-state index in [1.54, 1.807) is 6.07 Å². The minimum absolute atomic E-state index is 0.400. The van der Waals surface area contributed by atoms with Gasteiger partial charge in [0.25, 0.3) is 0 Å². The van der Waals surface area contributed by atoms with Gasteiger partial charge in [0, 0.05) is 12.1 Å². The second-order valence-corrected chi connectivity index (χ2v) is 6.25. The van der Waals surface area contributed by atoms with Crippen LogP contribution in [-0.2, 0) is 6.54 Å². The number of rotatable bonds is 6. The summed E-state index contributed by atoms with van der Waals surface area (Å²) >= 11 is 0. The Kier molecular flexibility index (Phi) is 4.76.